The summed E-state index contributed by atoms with van der Waals surface area (Å²) in [5, 5.41) is 4.27. The lowest BCUT2D eigenvalue weighted by molar-refractivity contribution is 0.233. The molecule has 0 unspecified atom stereocenters. The number of halogens is 1. The summed E-state index contributed by atoms with van der Waals surface area (Å²) in [5.74, 6) is 0. The first-order chi connectivity index (χ1) is 9.81. The number of rotatable bonds is 3. The van der Waals surface area contributed by atoms with Gasteiger partial charge in [0.1, 0.15) is 0 Å². The summed E-state index contributed by atoms with van der Waals surface area (Å²) in [6, 6.07) is 6.57. The van der Waals surface area contributed by atoms with Crippen molar-refractivity contribution in [1.29, 1.82) is 0 Å². The van der Waals surface area contributed by atoms with E-state index in [1.165, 1.54) is 43.6 Å². The summed E-state index contributed by atoms with van der Waals surface area (Å²) < 4.78 is 0. The fourth-order valence-electron chi connectivity index (χ4n) is 3.19. The van der Waals surface area contributed by atoms with Crippen LogP contribution in [-0.4, -0.2) is 44.2 Å². The Balaban J connectivity index is 1.71. The lowest BCUT2D eigenvalue weighted by atomic mass is 10.1. The van der Waals surface area contributed by atoms with E-state index in [1.807, 2.05) is 0 Å². The Morgan fingerprint density at radius 1 is 0.950 bits per heavy atom. The number of piperidine rings is 1. The highest BCUT2D eigenvalue weighted by atomic mass is 35.5. The van der Waals surface area contributed by atoms with Crippen LogP contribution in [0.15, 0.2) is 18.2 Å². The fraction of sp³-hybridized carbons (Fsp3) is 0.625. The lowest BCUT2D eigenvalue weighted by Crippen LogP contribution is -2.42. The van der Waals surface area contributed by atoms with Crippen molar-refractivity contribution < 1.29 is 0 Å². The number of hydrogen-bond acceptors (Lipinski definition) is 3. The Kier molecular flexibility index (Phi) is 4.81. The second kappa shape index (κ2) is 6.79. The van der Waals surface area contributed by atoms with Gasteiger partial charge in [0.2, 0.25) is 0 Å². The van der Waals surface area contributed by atoms with Crippen LogP contribution < -0.4 is 10.2 Å². The third-order valence-electron chi connectivity index (χ3n) is 4.28. The molecule has 3 nitrogen and oxygen atoms in total. The highest BCUT2D eigenvalue weighted by Gasteiger charge is 2.14. The second-order valence-corrected chi connectivity index (χ2v) is 6.33. The zero-order valence-electron chi connectivity index (χ0n) is 12.1. The predicted molar refractivity (Wildman–Crippen MR) is 85.7 cm³/mol. The van der Waals surface area contributed by atoms with Crippen molar-refractivity contribution in [2.24, 2.45) is 0 Å². The van der Waals surface area contributed by atoms with E-state index in [1.54, 1.807) is 0 Å². The molecule has 2 saturated heterocycles. The van der Waals surface area contributed by atoms with E-state index in [4.69, 9.17) is 11.6 Å². The Labute approximate surface area is 126 Å². The largest absolute Gasteiger partial charge is 0.371 e. The topological polar surface area (TPSA) is 18.5 Å². The average molecular weight is 294 g/mol. The number of anilines is 1. The predicted octanol–water partition coefficient (Wildman–Crippen LogP) is 2.74. The molecule has 0 bridgehead atoms. The molecule has 0 saturated carbocycles. The van der Waals surface area contributed by atoms with Crippen LogP contribution in [0.1, 0.15) is 24.8 Å². The van der Waals surface area contributed by atoms with Gasteiger partial charge in [-0.15, -0.1) is 0 Å². The van der Waals surface area contributed by atoms with Crippen LogP contribution in [0, 0.1) is 0 Å². The molecule has 0 amide bonds. The van der Waals surface area contributed by atoms with E-state index in [2.05, 4.69) is 33.3 Å². The van der Waals surface area contributed by atoms with Gasteiger partial charge in [-0.05, 0) is 43.0 Å². The minimum Gasteiger partial charge on any atom is -0.371 e. The normalized spacial score (nSPS) is 21.1. The van der Waals surface area contributed by atoms with Crippen molar-refractivity contribution in [2.45, 2.75) is 25.8 Å². The summed E-state index contributed by atoms with van der Waals surface area (Å²) in [5.41, 5.74) is 2.65. The molecule has 4 heteroatoms. The van der Waals surface area contributed by atoms with E-state index in [0.717, 1.165) is 37.7 Å². The average Bonchev–Trinajstić information content (AvgIpc) is 2.49. The molecule has 0 atom stereocenters. The molecule has 1 N–H and O–H groups in total. The quantitative estimate of drug-likeness (QED) is 0.924. The van der Waals surface area contributed by atoms with Crippen molar-refractivity contribution in [3.63, 3.8) is 0 Å². The SMILES string of the molecule is Clc1cc(CN2CCNCC2)cc(N2CCCCC2)c1. The van der Waals surface area contributed by atoms with Gasteiger partial charge in [0.05, 0.1) is 0 Å². The van der Waals surface area contributed by atoms with E-state index in [0.29, 0.717) is 0 Å². The first kappa shape index (κ1) is 14.2. The van der Waals surface area contributed by atoms with Gasteiger partial charge in [-0.3, -0.25) is 4.90 Å². The minimum atomic E-state index is 0.873. The van der Waals surface area contributed by atoms with Crippen molar-refractivity contribution >= 4 is 17.3 Å². The molecule has 20 heavy (non-hydrogen) atoms. The first-order valence-corrected chi connectivity index (χ1v) is 8.16. The molecule has 0 radical (unpaired) electrons. The number of nitrogens with one attached hydrogen (secondary N) is 1. The van der Waals surface area contributed by atoms with Gasteiger partial charge < -0.3 is 10.2 Å². The Morgan fingerprint density at radius 3 is 2.45 bits per heavy atom. The van der Waals surface area contributed by atoms with Crippen LogP contribution in [0.4, 0.5) is 5.69 Å². The molecule has 2 aliphatic heterocycles. The van der Waals surface area contributed by atoms with Crippen LogP contribution in [0.2, 0.25) is 5.02 Å². The molecule has 3 rings (SSSR count). The van der Waals surface area contributed by atoms with Gasteiger partial charge >= 0.3 is 0 Å². The van der Waals surface area contributed by atoms with Gasteiger partial charge in [-0.1, -0.05) is 11.6 Å². The molecule has 2 aliphatic rings. The van der Waals surface area contributed by atoms with Gasteiger partial charge in [0, 0.05) is 56.5 Å². The number of hydrogen-bond donors (Lipinski definition) is 1. The second-order valence-electron chi connectivity index (χ2n) is 5.89. The fourth-order valence-corrected chi connectivity index (χ4v) is 3.44. The summed E-state index contributed by atoms with van der Waals surface area (Å²) in [6.45, 7) is 7.82. The molecule has 110 valence electrons. The van der Waals surface area contributed by atoms with Crippen LogP contribution >= 0.6 is 11.6 Å². The summed E-state index contributed by atoms with van der Waals surface area (Å²) >= 11 is 6.33. The maximum absolute atomic E-state index is 6.33. The van der Waals surface area contributed by atoms with Crippen molar-refractivity contribution in [1.82, 2.24) is 10.2 Å². The van der Waals surface area contributed by atoms with Gasteiger partial charge in [-0.25, -0.2) is 0 Å². The maximum Gasteiger partial charge on any atom is 0.0429 e. The lowest BCUT2D eigenvalue weighted by Gasteiger charge is -2.30. The van der Waals surface area contributed by atoms with E-state index < -0.39 is 0 Å². The molecule has 1 aromatic rings. The number of piperazine rings is 1. The molecule has 1 aromatic carbocycles. The molecule has 0 aliphatic carbocycles. The molecule has 2 heterocycles. The minimum absolute atomic E-state index is 0.873. The highest BCUT2D eigenvalue weighted by molar-refractivity contribution is 6.30. The van der Waals surface area contributed by atoms with E-state index in [-0.39, 0.29) is 0 Å². The zero-order chi connectivity index (χ0) is 13.8. The smallest absolute Gasteiger partial charge is 0.0429 e. The summed E-state index contributed by atoms with van der Waals surface area (Å²) in [4.78, 5) is 4.98. The van der Waals surface area contributed by atoms with Crippen LogP contribution in [0.25, 0.3) is 0 Å². The van der Waals surface area contributed by atoms with Crippen LogP contribution in [-0.2, 0) is 6.54 Å². The third-order valence-corrected chi connectivity index (χ3v) is 4.50. The maximum atomic E-state index is 6.33. The Hall–Kier alpha value is -0.770. The van der Waals surface area contributed by atoms with Crippen molar-refractivity contribution in [2.75, 3.05) is 44.2 Å². The molecule has 0 aromatic heterocycles. The standard InChI is InChI=1S/C16H24ClN3/c17-15-10-14(13-19-8-4-18-5-9-19)11-16(12-15)20-6-2-1-3-7-20/h10-12,18H,1-9,13H2. The molecule has 2 fully saturated rings. The monoisotopic (exact) mass is 293 g/mol. The first-order valence-electron chi connectivity index (χ1n) is 7.79. The molecule has 0 spiro atoms. The van der Waals surface area contributed by atoms with Gasteiger partial charge in [0.15, 0.2) is 0 Å². The van der Waals surface area contributed by atoms with E-state index >= 15 is 0 Å². The summed E-state index contributed by atoms with van der Waals surface area (Å²) in [7, 11) is 0. The van der Waals surface area contributed by atoms with Gasteiger partial charge in [0.25, 0.3) is 0 Å². The zero-order valence-corrected chi connectivity index (χ0v) is 12.8. The van der Waals surface area contributed by atoms with Crippen LogP contribution in [0.3, 0.4) is 0 Å². The van der Waals surface area contributed by atoms with Gasteiger partial charge in [-0.2, -0.15) is 0 Å². The van der Waals surface area contributed by atoms with E-state index in [9.17, 15) is 0 Å². The molecular formula is C16H24ClN3. The van der Waals surface area contributed by atoms with Crippen LogP contribution in [0.5, 0.6) is 0 Å². The third kappa shape index (κ3) is 3.66. The summed E-state index contributed by atoms with van der Waals surface area (Å²) in [6.07, 6.45) is 3.98. The van der Waals surface area contributed by atoms with Crippen molar-refractivity contribution in [3.8, 4) is 0 Å². The molecular weight excluding hydrogens is 270 g/mol. The number of nitrogens with zero attached hydrogens (tertiary/aromatic N) is 2. The number of benzene rings is 1. The van der Waals surface area contributed by atoms with Crippen molar-refractivity contribution in [3.05, 3.63) is 28.8 Å². The Bertz CT molecular complexity index is 437. The Morgan fingerprint density at radius 2 is 1.70 bits per heavy atom. The highest BCUT2D eigenvalue weighted by Crippen LogP contribution is 2.26.